The van der Waals surface area contributed by atoms with Crippen molar-refractivity contribution in [2.45, 2.75) is 6.42 Å². The summed E-state index contributed by atoms with van der Waals surface area (Å²) < 4.78 is 46.1. The Bertz CT molecular complexity index is 1480. The second-order valence-electron chi connectivity index (χ2n) is 7.76. The number of benzene rings is 1. The number of aromatic nitrogens is 5. The third kappa shape index (κ3) is 4.22. The van der Waals surface area contributed by atoms with Crippen molar-refractivity contribution in [2.75, 3.05) is 38.1 Å². The smallest absolute Gasteiger partial charge is 0.169 e. The molecule has 8 nitrogen and oxygen atoms in total. The van der Waals surface area contributed by atoms with Gasteiger partial charge in [0.05, 0.1) is 23.8 Å². The average molecular weight is 434 g/mol. The fourth-order valence-electron chi connectivity index (χ4n) is 3.79. The maximum Gasteiger partial charge on any atom is 0.169 e. The number of nitrogens with zero attached hydrogens (tertiary/aromatic N) is 7. The van der Waals surface area contributed by atoms with Crippen molar-refractivity contribution < 1.29 is 13.0 Å². The van der Waals surface area contributed by atoms with Crippen molar-refractivity contribution in [3.63, 3.8) is 0 Å². The van der Waals surface area contributed by atoms with Gasteiger partial charge in [-0.1, -0.05) is 6.07 Å². The highest BCUT2D eigenvalue weighted by Gasteiger charge is 2.17. The molecule has 4 aromatic rings. The van der Waals surface area contributed by atoms with E-state index in [1.54, 1.807) is 30.5 Å². The first-order valence-corrected chi connectivity index (χ1v) is 10.3. The Labute approximate surface area is 194 Å². The molecule has 32 heavy (non-hydrogen) atoms. The first-order valence-electron chi connectivity index (χ1n) is 13.3. The molecular weight excluding hydrogens is 402 g/mol. The molecule has 1 aliphatic heterocycles. The third-order valence-electron chi connectivity index (χ3n) is 5.56. The number of likely N-dealkylation sites (N-methyl/N-ethyl adjacent to an activating group) is 1. The molecule has 1 aromatic carbocycles. The molecule has 0 amide bonds. The second-order valence-corrected chi connectivity index (χ2v) is 7.76. The predicted octanol–water partition coefficient (Wildman–Crippen LogP) is 2.60. The van der Waals surface area contributed by atoms with Crippen LogP contribution in [0.15, 0.2) is 55.0 Å². The van der Waals surface area contributed by atoms with Crippen LogP contribution in [0.3, 0.4) is 0 Å². The molecule has 0 radical (unpaired) electrons. The van der Waals surface area contributed by atoms with E-state index in [1.807, 2.05) is 17.0 Å². The van der Waals surface area contributed by atoms with Gasteiger partial charge in [-0.15, -0.1) is 0 Å². The Morgan fingerprint density at radius 1 is 1.03 bits per heavy atom. The SMILES string of the molecule is [2H]C([2H])([2H])N1CCN(c2cc(C(=O)Cc3cc4cc(-c5cnn(C([2H])([2H])[2H])c5)ccc4nn3)ccn2)CC1. The fourth-order valence-corrected chi connectivity index (χ4v) is 3.79. The molecule has 0 spiro atoms. The van der Waals surface area contributed by atoms with Crippen molar-refractivity contribution in [1.82, 2.24) is 29.9 Å². The van der Waals surface area contributed by atoms with Crippen LogP contribution in [0.25, 0.3) is 22.0 Å². The number of pyridine rings is 1. The lowest BCUT2D eigenvalue weighted by atomic mass is 10.0. The minimum atomic E-state index is -2.35. The zero-order valence-electron chi connectivity index (χ0n) is 23.3. The van der Waals surface area contributed by atoms with Crippen molar-refractivity contribution in [3.8, 4) is 11.1 Å². The molecule has 5 rings (SSSR count). The Morgan fingerprint density at radius 2 is 1.94 bits per heavy atom. The number of Topliss-reactive ketones (excluding diaryl/α,β-unsaturated/α-hetero) is 1. The van der Waals surface area contributed by atoms with Gasteiger partial charge in [-0.05, 0) is 42.9 Å². The van der Waals surface area contributed by atoms with Gasteiger partial charge in [0.15, 0.2) is 5.78 Å². The molecular formula is C24H25N7O. The Kier molecular flexibility index (Phi) is 3.82. The number of aryl methyl sites for hydroxylation is 1. The van der Waals surface area contributed by atoms with E-state index in [-0.39, 0.29) is 12.2 Å². The van der Waals surface area contributed by atoms with E-state index in [2.05, 4.69) is 20.3 Å². The molecule has 0 N–H and O–H groups in total. The minimum absolute atomic E-state index is 0.0421. The summed E-state index contributed by atoms with van der Waals surface area (Å²) >= 11 is 0. The largest absolute Gasteiger partial charge is 0.354 e. The van der Waals surface area contributed by atoms with Crippen LogP contribution in [0.4, 0.5) is 5.82 Å². The van der Waals surface area contributed by atoms with Crippen molar-refractivity contribution in [3.05, 3.63) is 66.2 Å². The normalized spacial score (nSPS) is 18.3. The van der Waals surface area contributed by atoms with Gasteiger partial charge in [0.2, 0.25) is 0 Å². The summed E-state index contributed by atoms with van der Waals surface area (Å²) in [6.07, 6.45) is 4.59. The standard InChI is InChI=1S/C24H25N7O/c1-29-7-9-31(10-8-29)24-13-18(5-6-25-24)23(32)14-21-12-19-11-17(3-4-22(19)28-27-21)20-15-26-30(2)16-20/h3-6,11-13,15-16H,7-10,14H2,1-2H3/i1D3,2D3. The van der Waals surface area contributed by atoms with Crippen LogP contribution in [0.2, 0.25) is 0 Å². The van der Waals surface area contributed by atoms with E-state index in [4.69, 9.17) is 8.22 Å². The number of hydrogen-bond acceptors (Lipinski definition) is 7. The van der Waals surface area contributed by atoms with Crippen LogP contribution in [0.5, 0.6) is 0 Å². The molecule has 0 bridgehead atoms. The van der Waals surface area contributed by atoms with Gasteiger partial charge in [-0.3, -0.25) is 9.48 Å². The molecule has 1 aliphatic rings. The number of hydrogen-bond donors (Lipinski definition) is 0. The second kappa shape index (κ2) is 8.47. The van der Waals surface area contributed by atoms with Crippen LogP contribution < -0.4 is 4.90 Å². The van der Waals surface area contributed by atoms with Crippen LogP contribution in [-0.4, -0.2) is 68.8 Å². The lowest BCUT2D eigenvalue weighted by Crippen LogP contribution is -2.44. The Balaban J connectivity index is 1.31. The van der Waals surface area contributed by atoms with E-state index in [1.165, 1.54) is 17.3 Å². The van der Waals surface area contributed by atoms with E-state index >= 15 is 0 Å². The number of rotatable bonds is 5. The van der Waals surface area contributed by atoms with Crippen molar-refractivity contribution in [1.29, 1.82) is 0 Å². The zero-order valence-corrected chi connectivity index (χ0v) is 17.3. The van der Waals surface area contributed by atoms with E-state index in [9.17, 15) is 4.79 Å². The van der Waals surface area contributed by atoms with Gasteiger partial charge in [-0.25, -0.2) is 4.98 Å². The quantitative estimate of drug-likeness (QED) is 0.448. The molecule has 3 aromatic heterocycles. The average Bonchev–Trinajstić information content (AvgIpc) is 3.39. The summed E-state index contributed by atoms with van der Waals surface area (Å²) in [5.74, 6) is 0.492. The molecule has 0 atom stereocenters. The first-order chi connectivity index (χ1) is 18.0. The third-order valence-corrected chi connectivity index (χ3v) is 5.56. The monoisotopic (exact) mass is 433 g/mol. The Hall–Kier alpha value is -3.65. The molecule has 8 heteroatoms. The molecule has 162 valence electrons. The van der Waals surface area contributed by atoms with Crippen molar-refractivity contribution in [2.24, 2.45) is 6.98 Å². The topological polar surface area (TPSA) is 80.0 Å². The van der Waals surface area contributed by atoms with E-state index in [0.717, 1.165) is 15.6 Å². The maximum absolute atomic E-state index is 13.1. The first kappa shape index (κ1) is 14.4. The fraction of sp³-hybridized carbons (Fsp3) is 0.292. The van der Waals surface area contributed by atoms with E-state index < -0.39 is 14.0 Å². The molecule has 1 saturated heterocycles. The minimum Gasteiger partial charge on any atom is -0.354 e. The summed E-state index contributed by atoms with van der Waals surface area (Å²) in [5, 5.41) is 13.2. The number of carbonyl (C=O) groups is 1. The van der Waals surface area contributed by atoms with Gasteiger partial charge in [0.25, 0.3) is 0 Å². The van der Waals surface area contributed by atoms with Gasteiger partial charge >= 0.3 is 0 Å². The summed E-state index contributed by atoms with van der Waals surface area (Å²) in [6, 6.07) is 10.6. The summed E-state index contributed by atoms with van der Waals surface area (Å²) in [5.41, 5.74) is 3.07. The highest BCUT2D eigenvalue weighted by atomic mass is 16.1. The highest BCUT2D eigenvalue weighted by Crippen LogP contribution is 2.23. The lowest BCUT2D eigenvalue weighted by Gasteiger charge is -2.33. The number of anilines is 1. The van der Waals surface area contributed by atoms with Gasteiger partial charge in [-0.2, -0.15) is 15.3 Å². The van der Waals surface area contributed by atoms with E-state index in [0.29, 0.717) is 54.3 Å². The highest BCUT2D eigenvalue weighted by molar-refractivity contribution is 5.98. The van der Waals surface area contributed by atoms with Crippen LogP contribution in [0, 0.1) is 0 Å². The van der Waals surface area contributed by atoms with Crippen molar-refractivity contribution >= 4 is 22.5 Å². The predicted molar refractivity (Wildman–Crippen MR) is 124 cm³/mol. The maximum atomic E-state index is 13.1. The Morgan fingerprint density at radius 3 is 2.75 bits per heavy atom. The van der Waals surface area contributed by atoms with Gasteiger partial charge < -0.3 is 9.80 Å². The molecule has 0 saturated carbocycles. The summed E-state index contributed by atoms with van der Waals surface area (Å²) in [7, 11) is 0. The van der Waals surface area contributed by atoms with Crippen LogP contribution in [-0.2, 0) is 13.4 Å². The van der Waals surface area contributed by atoms with Gasteiger partial charge in [0, 0.05) is 70.3 Å². The summed E-state index contributed by atoms with van der Waals surface area (Å²) in [6.45, 7) is -2.67. The molecule has 0 unspecified atom stereocenters. The zero-order chi connectivity index (χ0) is 27.1. The van der Waals surface area contributed by atoms with Crippen LogP contribution >= 0.6 is 0 Å². The van der Waals surface area contributed by atoms with Crippen LogP contribution in [0.1, 0.15) is 24.3 Å². The molecule has 4 heterocycles. The molecule has 1 fully saturated rings. The number of piperazine rings is 1. The lowest BCUT2D eigenvalue weighted by molar-refractivity contribution is 0.0991. The number of ketones is 1. The number of fused-ring (bicyclic) bond motifs is 1. The number of carbonyl (C=O) groups excluding carboxylic acids is 1. The summed E-state index contributed by atoms with van der Waals surface area (Å²) in [4.78, 5) is 20.9. The van der Waals surface area contributed by atoms with Gasteiger partial charge in [0.1, 0.15) is 5.82 Å². The molecule has 0 aliphatic carbocycles.